The number of hydrogen-bond acceptors (Lipinski definition) is 1. The molecule has 0 saturated carbocycles. The molecule has 3 aromatic carbocycles. The molecule has 0 amide bonds. The predicted molar refractivity (Wildman–Crippen MR) is 100 cm³/mol. The van der Waals surface area contributed by atoms with Crippen molar-refractivity contribution in [2.24, 2.45) is 0 Å². The first-order valence-electron chi connectivity index (χ1n) is 8.06. The molecule has 1 heteroatoms. The fourth-order valence-corrected chi connectivity index (χ4v) is 2.78. The molecule has 1 nitrogen and oxygen atoms in total. The predicted octanol–water partition coefficient (Wildman–Crippen LogP) is 6.39. The van der Waals surface area contributed by atoms with Gasteiger partial charge >= 0.3 is 0 Å². The molecule has 0 aliphatic carbocycles. The molecular weight excluding hydrogens is 278 g/mol. The Bertz CT molecular complexity index is 765. The molecule has 0 aliphatic rings. The number of rotatable bonds is 3. The van der Waals surface area contributed by atoms with E-state index in [-0.39, 0.29) is 5.41 Å². The van der Waals surface area contributed by atoms with Crippen molar-refractivity contribution in [3.8, 4) is 11.1 Å². The molecule has 0 radical (unpaired) electrons. The summed E-state index contributed by atoms with van der Waals surface area (Å²) < 4.78 is 0. The fourth-order valence-electron chi connectivity index (χ4n) is 2.78. The third-order valence-electron chi connectivity index (χ3n) is 4.01. The van der Waals surface area contributed by atoms with Crippen LogP contribution in [0.1, 0.15) is 26.3 Å². The molecule has 3 rings (SSSR count). The van der Waals surface area contributed by atoms with Gasteiger partial charge in [0, 0.05) is 11.4 Å². The van der Waals surface area contributed by atoms with Gasteiger partial charge < -0.3 is 5.32 Å². The number of hydrogen-bond donors (Lipinski definition) is 1. The number of anilines is 2. The van der Waals surface area contributed by atoms with Gasteiger partial charge in [-0.15, -0.1) is 0 Å². The maximum Gasteiger partial charge on any atom is 0.0422 e. The van der Waals surface area contributed by atoms with Crippen LogP contribution in [-0.4, -0.2) is 0 Å². The van der Waals surface area contributed by atoms with Gasteiger partial charge in [0.25, 0.3) is 0 Å². The lowest BCUT2D eigenvalue weighted by Gasteiger charge is -2.23. The van der Waals surface area contributed by atoms with Crippen molar-refractivity contribution in [3.05, 3.63) is 84.4 Å². The van der Waals surface area contributed by atoms with E-state index in [0.29, 0.717) is 0 Å². The summed E-state index contributed by atoms with van der Waals surface area (Å²) in [6, 6.07) is 27.6. The highest BCUT2D eigenvalue weighted by atomic mass is 14.9. The van der Waals surface area contributed by atoms with Gasteiger partial charge in [0.05, 0.1) is 0 Å². The van der Waals surface area contributed by atoms with E-state index in [2.05, 4.69) is 98.9 Å². The second kappa shape index (κ2) is 6.29. The molecule has 0 heterocycles. The van der Waals surface area contributed by atoms with Crippen molar-refractivity contribution < 1.29 is 0 Å². The normalized spacial score (nSPS) is 11.3. The Kier molecular flexibility index (Phi) is 4.20. The number of nitrogens with one attached hydrogen (secondary N) is 1. The van der Waals surface area contributed by atoms with E-state index in [1.54, 1.807) is 0 Å². The smallest absolute Gasteiger partial charge is 0.0422 e. The third kappa shape index (κ3) is 3.62. The van der Waals surface area contributed by atoms with E-state index in [9.17, 15) is 0 Å². The molecule has 23 heavy (non-hydrogen) atoms. The quantitative estimate of drug-likeness (QED) is 0.590. The summed E-state index contributed by atoms with van der Waals surface area (Å²) >= 11 is 0. The Hall–Kier alpha value is -2.54. The molecule has 0 unspecified atom stereocenters. The topological polar surface area (TPSA) is 12.0 Å². The van der Waals surface area contributed by atoms with Crippen molar-refractivity contribution in [2.75, 3.05) is 5.32 Å². The maximum absolute atomic E-state index is 3.56. The van der Waals surface area contributed by atoms with Gasteiger partial charge in [0.1, 0.15) is 0 Å². The Balaban J connectivity index is 1.85. The van der Waals surface area contributed by atoms with E-state index in [1.165, 1.54) is 22.4 Å². The molecule has 0 aliphatic heterocycles. The van der Waals surface area contributed by atoms with E-state index in [4.69, 9.17) is 0 Å². The highest BCUT2D eigenvalue weighted by molar-refractivity contribution is 5.69. The van der Waals surface area contributed by atoms with Crippen LogP contribution in [0.4, 0.5) is 11.4 Å². The zero-order valence-corrected chi connectivity index (χ0v) is 14.0. The number of para-hydroxylation sites is 1. The zero-order chi connectivity index (χ0) is 16.3. The van der Waals surface area contributed by atoms with E-state index in [0.717, 1.165) is 5.69 Å². The summed E-state index contributed by atoms with van der Waals surface area (Å²) in [5.74, 6) is 0. The summed E-state index contributed by atoms with van der Waals surface area (Å²) in [6.07, 6.45) is 0. The van der Waals surface area contributed by atoms with Crippen molar-refractivity contribution in [3.63, 3.8) is 0 Å². The third-order valence-corrected chi connectivity index (χ3v) is 4.01. The average molecular weight is 301 g/mol. The van der Waals surface area contributed by atoms with Gasteiger partial charge in [-0.1, -0.05) is 81.4 Å². The summed E-state index contributed by atoms with van der Waals surface area (Å²) in [4.78, 5) is 0. The lowest BCUT2D eigenvalue weighted by molar-refractivity contribution is 0.592. The van der Waals surface area contributed by atoms with E-state index < -0.39 is 0 Å². The molecule has 1 N–H and O–H groups in total. The molecule has 3 aromatic rings. The Morgan fingerprint density at radius 2 is 1.17 bits per heavy atom. The lowest BCUT2D eigenvalue weighted by Crippen LogP contribution is -2.13. The van der Waals surface area contributed by atoms with Gasteiger partial charge in [-0.3, -0.25) is 0 Å². The van der Waals surface area contributed by atoms with Crippen molar-refractivity contribution in [1.82, 2.24) is 0 Å². The largest absolute Gasteiger partial charge is 0.355 e. The summed E-state index contributed by atoms with van der Waals surface area (Å²) in [7, 11) is 0. The van der Waals surface area contributed by atoms with Gasteiger partial charge in [-0.2, -0.15) is 0 Å². The standard InChI is InChI=1S/C22H23N/c1-22(2,3)20-11-7-8-12-21(20)23-19-15-13-18(14-16-19)17-9-5-4-6-10-17/h4-16,23H,1-3H3. The molecule has 0 saturated heterocycles. The van der Waals surface area contributed by atoms with Crippen LogP contribution in [0, 0.1) is 0 Å². The van der Waals surface area contributed by atoms with E-state index in [1.807, 2.05) is 6.07 Å². The fraction of sp³-hybridized carbons (Fsp3) is 0.182. The van der Waals surface area contributed by atoms with E-state index >= 15 is 0 Å². The van der Waals surface area contributed by atoms with Crippen molar-refractivity contribution in [2.45, 2.75) is 26.2 Å². The van der Waals surface area contributed by atoms with Crippen LogP contribution in [0.15, 0.2) is 78.9 Å². The Morgan fingerprint density at radius 1 is 0.609 bits per heavy atom. The van der Waals surface area contributed by atoms with Crippen LogP contribution in [-0.2, 0) is 5.41 Å². The van der Waals surface area contributed by atoms with Crippen LogP contribution in [0.25, 0.3) is 11.1 Å². The second-order valence-electron chi connectivity index (χ2n) is 6.86. The highest BCUT2D eigenvalue weighted by Crippen LogP contribution is 2.31. The molecule has 0 bridgehead atoms. The van der Waals surface area contributed by atoms with Crippen LogP contribution in [0.5, 0.6) is 0 Å². The lowest BCUT2D eigenvalue weighted by atomic mass is 9.86. The minimum atomic E-state index is 0.119. The van der Waals surface area contributed by atoms with Crippen LogP contribution < -0.4 is 5.32 Å². The summed E-state index contributed by atoms with van der Waals surface area (Å²) in [5, 5.41) is 3.56. The first-order valence-corrected chi connectivity index (χ1v) is 8.06. The van der Waals surface area contributed by atoms with Crippen molar-refractivity contribution in [1.29, 1.82) is 0 Å². The first-order chi connectivity index (χ1) is 11.0. The van der Waals surface area contributed by atoms with Gasteiger partial charge in [-0.05, 0) is 40.3 Å². The minimum absolute atomic E-state index is 0.119. The first kappa shape index (κ1) is 15.4. The van der Waals surface area contributed by atoms with Gasteiger partial charge in [-0.25, -0.2) is 0 Å². The highest BCUT2D eigenvalue weighted by Gasteiger charge is 2.17. The Morgan fingerprint density at radius 3 is 1.83 bits per heavy atom. The molecular formula is C22H23N. The summed E-state index contributed by atoms with van der Waals surface area (Å²) in [6.45, 7) is 6.73. The van der Waals surface area contributed by atoms with Gasteiger partial charge in [0.15, 0.2) is 0 Å². The second-order valence-corrected chi connectivity index (χ2v) is 6.86. The zero-order valence-electron chi connectivity index (χ0n) is 14.0. The molecule has 116 valence electrons. The average Bonchev–Trinajstić information content (AvgIpc) is 2.56. The molecule has 0 fully saturated rings. The SMILES string of the molecule is CC(C)(C)c1ccccc1Nc1ccc(-c2ccccc2)cc1. The Labute approximate surface area is 139 Å². The summed E-state index contributed by atoms with van der Waals surface area (Å²) in [5.41, 5.74) is 6.21. The molecule has 0 atom stereocenters. The van der Waals surface area contributed by atoms with Crippen molar-refractivity contribution >= 4 is 11.4 Å². The monoisotopic (exact) mass is 301 g/mol. The van der Waals surface area contributed by atoms with Gasteiger partial charge in [0.2, 0.25) is 0 Å². The minimum Gasteiger partial charge on any atom is -0.355 e. The molecule has 0 aromatic heterocycles. The van der Waals surface area contributed by atoms with Crippen LogP contribution >= 0.6 is 0 Å². The molecule has 0 spiro atoms. The van der Waals surface area contributed by atoms with Crippen LogP contribution in [0.2, 0.25) is 0 Å². The maximum atomic E-state index is 3.56. The number of benzene rings is 3. The van der Waals surface area contributed by atoms with Crippen LogP contribution in [0.3, 0.4) is 0 Å².